The summed E-state index contributed by atoms with van der Waals surface area (Å²) in [5.41, 5.74) is 5.53. The van der Waals surface area contributed by atoms with Crippen LogP contribution in [0.4, 0.5) is 0 Å². The van der Waals surface area contributed by atoms with E-state index >= 15 is 0 Å². The van der Waals surface area contributed by atoms with Crippen molar-refractivity contribution in [3.8, 4) is 0 Å². The standard InChI is InChI=1S/C7H7NO.C6H5.CHO2/c8-7(9)6-4-2-1-3-5-6;1-2-4-6-5-3-1;2-1-3/h1-5H,(H2,8,9);1-5H;(H,2,3). The molecule has 3 N–H and O–H groups in total. The zero-order chi connectivity index (χ0) is 13.6. The molecule has 0 unspecified atom stereocenters. The fourth-order valence-electron chi connectivity index (χ4n) is 0.944. The van der Waals surface area contributed by atoms with Gasteiger partial charge >= 0.3 is 6.47 Å². The molecule has 4 nitrogen and oxygen atoms in total. The lowest BCUT2D eigenvalue weighted by Gasteiger charge is -1.89. The summed E-state index contributed by atoms with van der Waals surface area (Å²) in [4.78, 5) is 18.7. The van der Waals surface area contributed by atoms with Crippen molar-refractivity contribution in [3.05, 3.63) is 72.3 Å². The van der Waals surface area contributed by atoms with E-state index in [0.717, 1.165) is 0 Å². The van der Waals surface area contributed by atoms with Gasteiger partial charge in [-0.25, -0.2) is 4.79 Å². The molecule has 18 heavy (non-hydrogen) atoms. The van der Waals surface area contributed by atoms with Gasteiger partial charge in [0.15, 0.2) is 0 Å². The minimum Gasteiger partial charge on any atom is -0.473 e. The third-order valence-corrected chi connectivity index (χ3v) is 1.67. The zero-order valence-electron chi connectivity index (χ0n) is 9.61. The molecule has 2 aromatic rings. The molecule has 0 aliphatic rings. The molecule has 0 saturated heterocycles. The minimum atomic E-state index is -0.379. The zero-order valence-corrected chi connectivity index (χ0v) is 9.61. The van der Waals surface area contributed by atoms with Crippen LogP contribution in [0, 0.1) is 6.07 Å². The highest BCUT2D eigenvalue weighted by Gasteiger charge is 1.93. The molecule has 0 heterocycles. The van der Waals surface area contributed by atoms with Crippen molar-refractivity contribution in [2.75, 3.05) is 0 Å². The van der Waals surface area contributed by atoms with E-state index in [9.17, 15) is 4.79 Å². The Morgan fingerprint density at radius 3 is 1.72 bits per heavy atom. The Kier molecular flexibility index (Phi) is 9.30. The third kappa shape index (κ3) is 8.67. The molecule has 0 atom stereocenters. The predicted molar refractivity (Wildman–Crippen MR) is 68.6 cm³/mol. The number of nitrogens with two attached hydrogens (primary N) is 1. The lowest BCUT2D eigenvalue weighted by molar-refractivity contribution is 0.100. The molecular formula is C14H13NO3. The maximum atomic E-state index is 10.4. The first kappa shape index (κ1) is 15.4. The summed E-state index contributed by atoms with van der Waals surface area (Å²) in [6.45, 7) is 0.500. The fourth-order valence-corrected chi connectivity index (χ4v) is 0.944. The van der Waals surface area contributed by atoms with Crippen LogP contribution in [0.15, 0.2) is 60.7 Å². The highest BCUT2D eigenvalue weighted by atomic mass is 16.3. The number of hydrogen-bond donors (Lipinski definition) is 2. The average molecular weight is 243 g/mol. The fraction of sp³-hybridized carbons (Fsp3) is 0. The van der Waals surface area contributed by atoms with Crippen LogP contribution in [-0.4, -0.2) is 17.5 Å². The quantitative estimate of drug-likeness (QED) is 0.802. The Morgan fingerprint density at radius 2 is 1.50 bits per heavy atom. The number of benzene rings is 2. The molecule has 0 aliphatic heterocycles. The highest BCUT2D eigenvalue weighted by molar-refractivity contribution is 5.92. The van der Waals surface area contributed by atoms with Gasteiger partial charge in [-0.2, -0.15) is 0 Å². The topological polar surface area (TPSA) is 80.4 Å². The predicted octanol–water partition coefficient (Wildman–Crippen LogP) is 1.88. The van der Waals surface area contributed by atoms with Crippen LogP contribution in [0.25, 0.3) is 0 Å². The van der Waals surface area contributed by atoms with Gasteiger partial charge in [0.2, 0.25) is 5.91 Å². The van der Waals surface area contributed by atoms with Gasteiger partial charge in [-0.3, -0.25) is 4.79 Å². The van der Waals surface area contributed by atoms with Gasteiger partial charge < -0.3 is 10.8 Å². The summed E-state index contributed by atoms with van der Waals surface area (Å²) in [5, 5.41) is 6.76. The van der Waals surface area contributed by atoms with Crippen LogP contribution in [0.2, 0.25) is 0 Å². The van der Waals surface area contributed by atoms with Gasteiger partial charge in [-0.05, 0) is 18.2 Å². The molecule has 1 amide bonds. The lowest BCUT2D eigenvalue weighted by atomic mass is 10.2. The molecule has 0 fully saturated rings. The smallest absolute Gasteiger partial charge is 0.414 e. The van der Waals surface area contributed by atoms with Crippen molar-refractivity contribution in [1.29, 1.82) is 0 Å². The summed E-state index contributed by atoms with van der Waals surface area (Å²) < 4.78 is 0. The second-order valence-electron chi connectivity index (χ2n) is 2.90. The molecule has 2 radical (unpaired) electrons. The Bertz CT molecular complexity index is 403. The van der Waals surface area contributed by atoms with Gasteiger partial charge in [0.1, 0.15) is 0 Å². The van der Waals surface area contributed by atoms with E-state index in [1.165, 1.54) is 0 Å². The lowest BCUT2D eigenvalue weighted by Crippen LogP contribution is -2.09. The molecular weight excluding hydrogens is 230 g/mol. The molecule has 0 bridgehead atoms. The SMILES string of the molecule is NC(=O)c1ccccc1.O=[C]O.[c]1ccccc1. The maximum absolute atomic E-state index is 10.4. The van der Waals surface area contributed by atoms with Crippen molar-refractivity contribution in [3.63, 3.8) is 0 Å². The number of carbonyl (C=O) groups excluding carboxylic acids is 1. The summed E-state index contributed by atoms with van der Waals surface area (Å²) in [7, 11) is 0. The van der Waals surface area contributed by atoms with E-state index in [4.69, 9.17) is 15.6 Å². The van der Waals surface area contributed by atoms with E-state index in [1.807, 2.05) is 36.4 Å². The van der Waals surface area contributed by atoms with Gasteiger partial charge in [0.25, 0.3) is 0 Å². The molecule has 4 heteroatoms. The molecule has 2 rings (SSSR count). The molecule has 92 valence electrons. The molecule has 2 aromatic carbocycles. The number of amides is 1. The van der Waals surface area contributed by atoms with E-state index in [-0.39, 0.29) is 5.91 Å². The van der Waals surface area contributed by atoms with Crippen LogP contribution in [0.3, 0.4) is 0 Å². The Hall–Kier alpha value is -2.62. The molecule has 0 saturated carbocycles. The minimum absolute atomic E-state index is 0.379. The van der Waals surface area contributed by atoms with E-state index in [1.54, 1.807) is 24.3 Å². The number of hydrogen-bond acceptors (Lipinski definition) is 2. The van der Waals surface area contributed by atoms with Crippen molar-refractivity contribution < 1.29 is 14.7 Å². The van der Waals surface area contributed by atoms with Crippen LogP contribution >= 0.6 is 0 Å². The van der Waals surface area contributed by atoms with Crippen LogP contribution in [-0.2, 0) is 4.79 Å². The average Bonchev–Trinajstić information content (AvgIpc) is 2.43. The molecule has 0 spiro atoms. The van der Waals surface area contributed by atoms with Crippen LogP contribution in [0.1, 0.15) is 10.4 Å². The van der Waals surface area contributed by atoms with Gasteiger partial charge in [0.05, 0.1) is 0 Å². The van der Waals surface area contributed by atoms with Crippen molar-refractivity contribution >= 4 is 12.4 Å². The highest BCUT2D eigenvalue weighted by Crippen LogP contribution is 1.94. The summed E-state index contributed by atoms with van der Waals surface area (Å²) in [6, 6.07) is 21.3. The Labute approximate surface area is 106 Å². The Morgan fingerprint density at radius 1 is 1.06 bits per heavy atom. The Balaban J connectivity index is 0.000000278. The van der Waals surface area contributed by atoms with Crippen molar-refractivity contribution in [2.45, 2.75) is 0 Å². The normalized spacial score (nSPS) is 7.78. The number of aliphatic hydroxyl groups excluding tert-OH is 1. The van der Waals surface area contributed by atoms with E-state index in [0.29, 0.717) is 12.0 Å². The first-order valence-electron chi connectivity index (χ1n) is 4.99. The largest absolute Gasteiger partial charge is 0.473 e. The number of primary amides is 1. The van der Waals surface area contributed by atoms with Crippen LogP contribution < -0.4 is 5.73 Å². The third-order valence-electron chi connectivity index (χ3n) is 1.67. The van der Waals surface area contributed by atoms with Crippen molar-refractivity contribution in [2.24, 2.45) is 5.73 Å². The second kappa shape index (κ2) is 10.9. The number of rotatable bonds is 1. The monoisotopic (exact) mass is 243 g/mol. The van der Waals surface area contributed by atoms with E-state index < -0.39 is 0 Å². The second-order valence-corrected chi connectivity index (χ2v) is 2.90. The summed E-state index contributed by atoms with van der Waals surface area (Å²) in [6.07, 6.45) is 0. The van der Waals surface area contributed by atoms with Gasteiger partial charge in [0, 0.05) is 5.56 Å². The first-order chi connectivity index (χ1) is 8.72. The first-order valence-corrected chi connectivity index (χ1v) is 4.99. The van der Waals surface area contributed by atoms with Crippen molar-refractivity contribution in [1.82, 2.24) is 0 Å². The van der Waals surface area contributed by atoms with Gasteiger partial charge in [-0.15, -0.1) is 0 Å². The molecule has 0 aliphatic carbocycles. The van der Waals surface area contributed by atoms with E-state index in [2.05, 4.69) is 6.07 Å². The summed E-state index contributed by atoms with van der Waals surface area (Å²) >= 11 is 0. The number of carbonyl (C=O) groups is 1. The van der Waals surface area contributed by atoms with Gasteiger partial charge in [-0.1, -0.05) is 48.5 Å². The van der Waals surface area contributed by atoms with Crippen LogP contribution in [0.5, 0.6) is 0 Å². The maximum Gasteiger partial charge on any atom is 0.414 e. The molecule has 0 aromatic heterocycles. The summed E-state index contributed by atoms with van der Waals surface area (Å²) in [5.74, 6) is -0.379.